The largest absolute Gasteiger partial charge is 0.369 e. The van der Waals surface area contributed by atoms with Gasteiger partial charge in [0.25, 0.3) is 0 Å². The van der Waals surface area contributed by atoms with Crippen molar-refractivity contribution in [2.75, 3.05) is 10.2 Å². The van der Waals surface area contributed by atoms with E-state index in [1.807, 2.05) is 31.3 Å². The molecular formula is C20H23ClN5O2. The zero-order valence-corrected chi connectivity index (χ0v) is 16.4. The van der Waals surface area contributed by atoms with E-state index in [9.17, 15) is 9.59 Å². The first-order chi connectivity index (χ1) is 13.4. The Morgan fingerprint density at radius 3 is 2.82 bits per heavy atom. The highest BCUT2D eigenvalue weighted by Crippen LogP contribution is 2.41. The maximum absolute atomic E-state index is 13.6. The quantitative estimate of drug-likeness (QED) is 0.810. The van der Waals surface area contributed by atoms with E-state index in [4.69, 9.17) is 17.3 Å². The van der Waals surface area contributed by atoms with Crippen LogP contribution in [0.25, 0.3) is 0 Å². The molecule has 3 atom stereocenters. The number of amides is 2. The Morgan fingerprint density at radius 1 is 1.32 bits per heavy atom. The van der Waals surface area contributed by atoms with Gasteiger partial charge in [0.05, 0.1) is 23.5 Å². The Morgan fingerprint density at radius 2 is 2.07 bits per heavy atom. The Bertz CT molecular complexity index is 941. The number of carbonyl (C=O) groups is 2. The minimum atomic E-state index is -0.365. The maximum Gasteiger partial charge on any atom is 0.230 e. The van der Waals surface area contributed by atoms with Crippen LogP contribution in [0.4, 0.5) is 17.2 Å². The summed E-state index contributed by atoms with van der Waals surface area (Å²) >= 11 is 6.34. The lowest BCUT2D eigenvalue weighted by Gasteiger charge is -2.35. The van der Waals surface area contributed by atoms with E-state index in [1.54, 1.807) is 9.58 Å². The number of nitrogens with two attached hydrogens (primary N) is 1. The Hall–Kier alpha value is -2.54. The molecule has 1 fully saturated rings. The summed E-state index contributed by atoms with van der Waals surface area (Å²) in [6.07, 6.45) is 1.82. The van der Waals surface area contributed by atoms with Crippen LogP contribution in [-0.2, 0) is 23.2 Å². The number of nitrogens with zero attached hydrogens (tertiary/aromatic N) is 3. The fraction of sp³-hybridized carbons (Fsp3) is 0.400. The van der Waals surface area contributed by atoms with Gasteiger partial charge in [-0.05, 0) is 44.2 Å². The molecule has 1 aliphatic carbocycles. The van der Waals surface area contributed by atoms with Crippen LogP contribution in [-0.4, -0.2) is 21.6 Å². The van der Waals surface area contributed by atoms with Gasteiger partial charge in [-0.3, -0.25) is 14.3 Å². The first-order valence-electron chi connectivity index (χ1n) is 9.38. The predicted octanol–water partition coefficient (Wildman–Crippen LogP) is 3.02. The summed E-state index contributed by atoms with van der Waals surface area (Å²) in [7, 11) is 1.81. The highest BCUT2D eigenvalue weighted by atomic mass is 35.5. The first-order valence-corrected chi connectivity index (χ1v) is 9.75. The van der Waals surface area contributed by atoms with Crippen molar-refractivity contribution < 1.29 is 9.59 Å². The third-order valence-electron chi connectivity index (χ3n) is 5.84. The summed E-state index contributed by atoms with van der Waals surface area (Å²) < 4.78 is 1.68. The molecule has 1 radical (unpaired) electrons. The van der Waals surface area contributed by atoms with Crippen molar-refractivity contribution in [3.8, 4) is 0 Å². The molecule has 1 aromatic carbocycles. The number of rotatable bonds is 2. The summed E-state index contributed by atoms with van der Waals surface area (Å²) in [5.41, 5.74) is 7.85. The average molecular weight is 401 g/mol. The SMILES string of the molecule is [CH2]C1CCC(C(N)=O)CC1C(=O)N1Cc2c(Cl)nn(C)c2Nc2ccccc21. The summed E-state index contributed by atoms with van der Waals surface area (Å²) in [6.45, 7) is 4.48. The van der Waals surface area contributed by atoms with Gasteiger partial charge in [-0.15, -0.1) is 0 Å². The smallest absolute Gasteiger partial charge is 0.230 e. The lowest BCUT2D eigenvalue weighted by molar-refractivity contribution is -0.128. The zero-order valence-electron chi connectivity index (χ0n) is 15.7. The number of fused-ring (bicyclic) bond motifs is 2. The maximum atomic E-state index is 13.6. The molecule has 0 saturated heterocycles. The molecule has 4 rings (SSSR count). The molecule has 0 spiro atoms. The summed E-state index contributed by atoms with van der Waals surface area (Å²) in [5.74, 6) is -0.359. The molecule has 3 unspecified atom stereocenters. The third kappa shape index (κ3) is 3.13. The van der Waals surface area contributed by atoms with E-state index in [0.717, 1.165) is 22.8 Å². The van der Waals surface area contributed by atoms with E-state index in [0.29, 0.717) is 31.0 Å². The summed E-state index contributed by atoms with van der Waals surface area (Å²) in [6, 6.07) is 7.62. The highest BCUT2D eigenvalue weighted by molar-refractivity contribution is 6.30. The molecule has 1 aliphatic heterocycles. The van der Waals surface area contributed by atoms with Crippen LogP contribution < -0.4 is 16.0 Å². The van der Waals surface area contributed by atoms with E-state index < -0.39 is 0 Å². The molecule has 8 heteroatoms. The molecule has 2 heterocycles. The van der Waals surface area contributed by atoms with E-state index in [1.165, 1.54) is 0 Å². The number of aryl methyl sites for hydroxylation is 1. The van der Waals surface area contributed by atoms with Crippen molar-refractivity contribution in [3.63, 3.8) is 0 Å². The second-order valence-corrected chi connectivity index (χ2v) is 7.95. The van der Waals surface area contributed by atoms with Crippen molar-refractivity contribution in [3.05, 3.63) is 41.9 Å². The summed E-state index contributed by atoms with van der Waals surface area (Å²) in [4.78, 5) is 27.0. The van der Waals surface area contributed by atoms with Crippen LogP contribution in [0, 0.1) is 24.7 Å². The zero-order chi connectivity index (χ0) is 20.0. The topological polar surface area (TPSA) is 93.2 Å². The van der Waals surface area contributed by atoms with Crippen LogP contribution in [0.5, 0.6) is 0 Å². The van der Waals surface area contributed by atoms with E-state index in [-0.39, 0.29) is 29.6 Å². The molecule has 0 bridgehead atoms. The predicted molar refractivity (Wildman–Crippen MR) is 108 cm³/mol. The molecule has 28 heavy (non-hydrogen) atoms. The first kappa shape index (κ1) is 18.8. The second-order valence-electron chi connectivity index (χ2n) is 7.59. The standard InChI is InChI=1S/C20H23ClN5O2/c1-11-7-8-12(18(22)27)9-13(11)20(28)26-10-14-17(21)24-25(2)19(14)23-15-5-3-4-6-16(15)26/h3-6,11-13,23H,1,7-10H2,2H3,(H2,22,27). The van der Waals surface area contributed by atoms with Gasteiger partial charge in [-0.1, -0.05) is 23.7 Å². The van der Waals surface area contributed by atoms with E-state index >= 15 is 0 Å². The molecule has 1 saturated carbocycles. The molecule has 2 aromatic rings. The molecule has 2 aliphatic rings. The molecule has 3 N–H and O–H groups in total. The van der Waals surface area contributed by atoms with Gasteiger partial charge >= 0.3 is 0 Å². The van der Waals surface area contributed by atoms with Gasteiger partial charge in [0.2, 0.25) is 11.8 Å². The van der Waals surface area contributed by atoms with Gasteiger partial charge in [-0.2, -0.15) is 5.10 Å². The number of primary amides is 1. The number of hydrogen-bond acceptors (Lipinski definition) is 4. The number of halogens is 1. The van der Waals surface area contributed by atoms with Crippen LogP contribution in [0.15, 0.2) is 24.3 Å². The van der Waals surface area contributed by atoms with Crippen molar-refractivity contribution in [2.45, 2.75) is 25.8 Å². The van der Waals surface area contributed by atoms with Gasteiger partial charge in [0.1, 0.15) is 5.82 Å². The van der Waals surface area contributed by atoms with Crippen molar-refractivity contribution in [1.82, 2.24) is 9.78 Å². The number of carbonyl (C=O) groups excluding carboxylic acids is 2. The number of nitrogens with one attached hydrogen (secondary N) is 1. The number of para-hydroxylation sites is 2. The van der Waals surface area contributed by atoms with Gasteiger partial charge in [-0.25, -0.2) is 0 Å². The van der Waals surface area contributed by atoms with Gasteiger partial charge < -0.3 is 16.0 Å². The monoisotopic (exact) mass is 400 g/mol. The third-order valence-corrected chi connectivity index (χ3v) is 6.14. The molecule has 147 valence electrons. The van der Waals surface area contributed by atoms with Crippen LogP contribution in [0.2, 0.25) is 5.15 Å². The Labute approximate surface area is 168 Å². The minimum Gasteiger partial charge on any atom is -0.369 e. The number of anilines is 3. The average Bonchev–Trinajstić information content (AvgIpc) is 2.84. The summed E-state index contributed by atoms with van der Waals surface area (Å²) in [5, 5.41) is 7.98. The lowest BCUT2D eigenvalue weighted by atomic mass is 9.74. The van der Waals surface area contributed by atoms with Gasteiger partial charge in [0.15, 0.2) is 5.15 Å². The molecule has 2 amide bonds. The number of aromatic nitrogens is 2. The van der Waals surface area contributed by atoms with Crippen LogP contribution in [0.1, 0.15) is 24.8 Å². The Kier molecular flexibility index (Phi) is 4.79. The Balaban J connectivity index is 1.74. The molecular weight excluding hydrogens is 378 g/mol. The fourth-order valence-corrected chi connectivity index (χ4v) is 4.47. The van der Waals surface area contributed by atoms with Crippen molar-refractivity contribution in [1.29, 1.82) is 0 Å². The van der Waals surface area contributed by atoms with Crippen molar-refractivity contribution >= 4 is 40.6 Å². The normalized spacial score (nSPS) is 24.0. The van der Waals surface area contributed by atoms with Crippen LogP contribution >= 0.6 is 11.6 Å². The highest BCUT2D eigenvalue weighted by Gasteiger charge is 2.39. The minimum absolute atomic E-state index is 0.0599. The van der Waals surface area contributed by atoms with Crippen LogP contribution in [0.3, 0.4) is 0 Å². The lowest BCUT2D eigenvalue weighted by Crippen LogP contribution is -2.43. The second kappa shape index (κ2) is 7.13. The number of hydrogen-bond donors (Lipinski definition) is 2. The number of benzene rings is 1. The molecule has 1 aromatic heterocycles. The van der Waals surface area contributed by atoms with Gasteiger partial charge in [0, 0.05) is 18.9 Å². The fourth-order valence-electron chi connectivity index (χ4n) is 4.21. The van der Waals surface area contributed by atoms with Crippen molar-refractivity contribution in [2.24, 2.45) is 30.5 Å². The molecule has 7 nitrogen and oxygen atoms in total. The van der Waals surface area contributed by atoms with E-state index in [2.05, 4.69) is 17.3 Å².